The first-order valence-electron chi connectivity index (χ1n) is 6.58. The molecule has 0 bridgehead atoms. The Hall–Kier alpha value is -1.68. The van der Waals surface area contributed by atoms with Crippen LogP contribution in [0.1, 0.15) is 41.0 Å². The van der Waals surface area contributed by atoms with Gasteiger partial charge in [-0.15, -0.1) is 0 Å². The highest BCUT2D eigenvalue weighted by Crippen LogP contribution is 2.17. The molecule has 0 saturated carbocycles. The lowest BCUT2D eigenvalue weighted by Crippen LogP contribution is -2.38. The predicted octanol–water partition coefficient (Wildman–Crippen LogP) is 2.04. The topological polar surface area (TPSA) is 55.4 Å². The fraction of sp³-hybridized carbons (Fsp3) is 0.467. The third kappa shape index (κ3) is 3.20. The van der Waals surface area contributed by atoms with E-state index in [1.807, 2.05) is 6.92 Å². The van der Waals surface area contributed by atoms with Crippen molar-refractivity contribution in [2.24, 2.45) is 5.92 Å². The molecular formula is C15H19NO3. The Balaban J connectivity index is 2.09. The molecular weight excluding hydrogens is 242 g/mol. The molecule has 0 aromatic heterocycles. The number of hydrogen-bond donors (Lipinski definition) is 1. The van der Waals surface area contributed by atoms with E-state index in [9.17, 15) is 9.59 Å². The molecule has 1 N–H and O–H groups in total. The van der Waals surface area contributed by atoms with Gasteiger partial charge in [0.05, 0.1) is 12.2 Å². The molecule has 0 unspecified atom stereocenters. The number of hydrogen-bond acceptors (Lipinski definition) is 3. The van der Waals surface area contributed by atoms with Crippen molar-refractivity contribution in [3.8, 4) is 0 Å². The van der Waals surface area contributed by atoms with Crippen molar-refractivity contribution in [1.82, 2.24) is 5.32 Å². The molecule has 1 aromatic carbocycles. The number of carbonyl (C=O) groups is 2. The van der Waals surface area contributed by atoms with Crippen LogP contribution in [-0.2, 0) is 4.74 Å². The summed E-state index contributed by atoms with van der Waals surface area (Å²) in [6, 6.07) is 6.95. The van der Waals surface area contributed by atoms with Crippen LogP contribution in [0.4, 0.5) is 0 Å². The Morgan fingerprint density at radius 3 is 2.58 bits per heavy atom. The molecule has 0 aliphatic carbocycles. The SMILES string of the molecule is CC(=O)c1ccccc1C(=O)N[C@@H](C)[C@@H]1CCOC1. The van der Waals surface area contributed by atoms with E-state index < -0.39 is 0 Å². The molecule has 1 heterocycles. The van der Waals surface area contributed by atoms with Gasteiger partial charge in [-0.1, -0.05) is 18.2 Å². The van der Waals surface area contributed by atoms with Crippen molar-refractivity contribution >= 4 is 11.7 Å². The molecule has 1 fully saturated rings. The first-order chi connectivity index (χ1) is 9.09. The molecule has 4 heteroatoms. The van der Waals surface area contributed by atoms with Crippen LogP contribution < -0.4 is 5.32 Å². The molecule has 2 atom stereocenters. The molecule has 1 saturated heterocycles. The lowest BCUT2D eigenvalue weighted by molar-refractivity contribution is 0.0911. The van der Waals surface area contributed by atoms with Crippen LogP contribution in [0.25, 0.3) is 0 Å². The van der Waals surface area contributed by atoms with Crippen LogP contribution >= 0.6 is 0 Å². The number of benzene rings is 1. The van der Waals surface area contributed by atoms with Crippen LogP contribution in [-0.4, -0.2) is 30.9 Å². The predicted molar refractivity (Wildman–Crippen MR) is 72.3 cm³/mol. The summed E-state index contributed by atoms with van der Waals surface area (Å²) in [7, 11) is 0. The van der Waals surface area contributed by atoms with E-state index in [1.54, 1.807) is 24.3 Å². The summed E-state index contributed by atoms with van der Waals surface area (Å²) in [5.74, 6) is 0.0706. The first kappa shape index (κ1) is 13.7. The minimum absolute atomic E-state index is 0.0509. The molecule has 4 nitrogen and oxygen atoms in total. The summed E-state index contributed by atoms with van der Waals surface area (Å²) >= 11 is 0. The molecule has 2 rings (SSSR count). The third-order valence-electron chi connectivity index (χ3n) is 3.58. The summed E-state index contributed by atoms with van der Waals surface area (Å²) in [6.07, 6.45) is 0.968. The Labute approximate surface area is 113 Å². The monoisotopic (exact) mass is 261 g/mol. The van der Waals surface area contributed by atoms with Gasteiger partial charge in [-0.2, -0.15) is 0 Å². The Morgan fingerprint density at radius 1 is 1.32 bits per heavy atom. The van der Waals surface area contributed by atoms with Gasteiger partial charge in [-0.25, -0.2) is 0 Å². The van der Waals surface area contributed by atoms with Gasteiger partial charge < -0.3 is 10.1 Å². The zero-order valence-electron chi connectivity index (χ0n) is 11.3. The van der Waals surface area contributed by atoms with Crippen molar-refractivity contribution in [1.29, 1.82) is 0 Å². The number of Topliss-reactive ketones (excluding diaryl/α,β-unsaturated/α-hetero) is 1. The van der Waals surface area contributed by atoms with Gasteiger partial charge in [0.15, 0.2) is 5.78 Å². The van der Waals surface area contributed by atoms with Gasteiger partial charge in [0, 0.05) is 24.1 Å². The maximum Gasteiger partial charge on any atom is 0.252 e. The molecule has 1 aromatic rings. The summed E-state index contributed by atoms with van der Waals surface area (Å²) < 4.78 is 5.32. The average molecular weight is 261 g/mol. The summed E-state index contributed by atoms with van der Waals surface area (Å²) in [4.78, 5) is 23.7. The fourth-order valence-corrected chi connectivity index (χ4v) is 2.34. The van der Waals surface area contributed by atoms with Gasteiger partial charge in [-0.05, 0) is 26.3 Å². The smallest absolute Gasteiger partial charge is 0.252 e. The van der Waals surface area contributed by atoms with Crippen molar-refractivity contribution in [2.75, 3.05) is 13.2 Å². The largest absolute Gasteiger partial charge is 0.381 e. The number of amides is 1. The van der Waals surface area contributed by atoms with Crippen molar-refractivity contribution in [3.63, 3.8) is 0 Å². The quantitative estimate of drug-likeness (QED) is 0.844. The van der Waals surface area contributed by atoms with E-state index >= 15 is 0 Å². The van der Waals surface area contributed by atoms with Gasteiger partial charge in [-0.3, -0.25) is 9.59 Å². The van der Waals surface area contributed by atoms with Crippen LogP contribution in [0.5, 0.6) is 0 Å². The second-order valence-corrected chi connectivity index (χ2v) is 4.99. The number of carbonyl (C=O) groups excluding carboxylic acids is 2. The number of nitrogens with one attached hydrogen (secondary N) is 1. The Morgan fingerprint density at radius 2 is 2.00 bits per heavy atom. The fourth-order valence-electron chi connectivity index (χ4n) is 2.34. The Kier molecular flexibility index (Phi) is 4.32. The average Bonchev–Trinajstić information content (AvgIpc) is 2.92. The van der Waals surface area contributed by atoms with Gasteiger partial charge in [0.25, 0.3) is 5.91 Å². The van der Waals surface area contributed by atoms with Crippen LogP contribution in [0.15, 0.2) is 24.3 Å². The second kappa shape index (κ2) is 5.97. The zero-order chi connectivity index (χ0) is 13.8. The van der Waals surface area contributed by atoms with Gasteiger partial charge in [0.1, 0.15) is 0 Å². The van der Waals surface area contributed by atoms with Crippen molar-refractivity contribution in [3.05, 3.63) is 35.4 Å². The Bertz CT molecular complexity index is 478. The minimum Gasteiger partial charge on any atom is -0.381 e. The van der Waals surface area contributed by atoms with Crippen LogP contribution in [0, 0.1) is 5.92 Å². The van der Waals surface area contributed by atoms with Crippen molar-refractivity contribution < 1.29 is 14.3 Å². The molecule has 1 amide bonds. The summed E-state index contributed by atoms with van der Waals surface area (Å²) in [5, 5.41) is 2.96. The zero-order valence-corrected chi connectivity index (χ0v) is 11.3. The highest BCUT2D eigenvalue weighted by Gasteiger charge is 2.24. The molecule has 1 aliphatic heterocycles. The van der Waals surface area contributed by atoms with Crippen LogP contribution in [0.3, 0.4) is 0 Å². The van der Waals surface area contributed by atoms with E-state index in [2.05, 4.69) is 5.32 Å². The molecule has 0 radical (unpaired) electrons. The lowest BCUT2D eigenvalue weighted by atomic mass is 9.99. The normalized spacial score (nSPS) is 20.0. The van der Waals surface area contributed by atoms with Crippen molar-refractivity contribution in [2.45, 2.75) is 26.3 Å². The summed E-state index contributed by atoms with van der Waals surface area (Å²) in [5.41, 5.74) is 0.913. The minimum atomic E-state index is -0.190. The first-order valence-corrected chi connectivity index (χ1v) is 6.58. The molecule has 0 spiro atoms. The standard InChI is InChI=1S/C15H19NO3/c1-10(12-7-8-19-9-12)16-15(18)14-6-4-3-5-13(14)11(2)17/h3-6,10,12H,7-9H2,1-2H3,(H,16,18)/t10-,12+/m0/s1. The van der Waals surface area contributed by atoms with E-state index in [4.69, 9.17) is 4.74 Å². The highest BCUT2D eigenvalue weighted by atomic mass is 16.5. The van der Waals surface area contributed by atoms with Gasteiger partial charge in [0.2, 0.25) is 0 Å². The number of ketones is 1. The highest BCUT2D eigenvalue weighted by molar-refractivity contribution is 6.07. The maximum absolute atomic E-state index is 12.2. The maximum atomic E-state index is 12.2. The second-order valence-electron chi connectivity index (χ2n) is 4.99. The van der Waals surface area contributed by atoms with Crippen LogP contribution in [0.2, 0.25) is 0 Å². The van der Waals surface area contributed by atoms with E-state index in [0.29, 0.717) is 23.7 Å². The van der Waals surface area contributed by atoms with Gasteiger partial charge >= 0.3 is 0 Å². The summed E-state index contributed by atoms with van der Waals surface area (Å²) in [6.45, 7) is 4.90. The lowest BCUT2D eigenvalue weighted by Gasteiger charge is -2.19. The number of rotatable bonds is 4. The van der Waals surface area contributed by atoms with E-state index in [-0.39, 0.29) is 17.7 Å². The molecule has 102 valence electrons. The molecule has 19 heavy (non-hydrogen) atoms. The van der Waals surface area contributed by atoms with E-state index in [1.165, 1.54) is 6.92 Å². The third-order valence-corrected chi connectivity index (χ3v) is 3.58. The molecule has 1 aliphatic rings. The van der Waals surface area contributed by atoms with E-state index in [0.717, 1.165) is 13.0 Å². The number of ether oxygens (including phenoxy) is 1.